The van der Waals surface area contributed by atoms with Crippen molar-refractivity contribution in [2.45, 2.75) is 33.2 Å². The van der Waals surface area contributed by atoms with Gasteiger partial charge in [-0.15, -0.1) is 5.10 Å². The molecule has 0 aliphatic heterocycles. The van der Waals surface area contributed by atoms with E-state index in [1.807, 2.05) is 19.9 Å². The van der Waals surface area contributed by atoms with Crippen LogP contribution in [0.15, 0.2) is 18.2 Å². The SMILES string of the molecule is CCNC(Cc1ccc(F)cc1C)c1snnc1C. The number of halogens is 1. The highest BCUT2D eigenvalue weighted by atomic mass is 32.1. The van der Waals surface area contributed by atoms with Crippen LogP contribution in [0, 0.1) is 19.7 Å². The Bertz CT molecular complexity index is 553. The monoisotopic (exact) mass is 279 g/mol. The number of nitrogens with one attached hydrogen (secondary N) is 1. The average molecular weight is 279 g/mol. The largest absolute Gasteiger partial charge is 0.309 e. The van der Waals surface area contributed by atoms with Crippen molar-refractivity contribution >= 4 is 11.5 Å². The first-order chi connectivity index (χ1) is 9.11. The van der Waals surface area contributed by atoms with E-state index in [2.05, 4.69) is 21.8 Å². The van der Waals surface area contributed by atoms with Crippen LogP contribution < -0.4 is 5.32 Å². The van der Waals surface area contributed by atoms with Crippen LogP contribution in [0.1, 0.15) is 34.7 Å². The lowest BCUT2D eigenvalue weighted by Gasteiger charge is -2.17. The molecule has 5 heteroatoms. The molecule has 0 saturated carbocycles. The van der Waals surface area contributed by atoms with Gasteiger partial charge in [-0.25, -0.2) is 4.39 Å². The van der Waals surface area contributed by atoms with Gasteiger partial charge in [0.05, 0.1) is 10.6 Å². The van der Waals surface area contributed by atoms with Crippen molar-refractivity contribution < 1.29 is 4.39 Å². The Balaban J connectivity index is 2.24. The zero-order chi connectivity index (χ0) is 13.8. The van der Waals surface area contributed by atoms with Crippen molar-refractivity contribution in [3.63, 3.8) is 0 Å². The molecule has 0 saturated heterocycles. The standard InChI is InChI=1S/C14H18FN3S/c1-4-16-13(14-10(3)17-18-19-14)8-11-5-6-12(15)7-9(11)2/h5-7,13,16H,4,8H2,1-3H3. The molecule has 19 heavy (non-hydrogen) atoms. The minimum atomic E-state index is -0.183. The van der Waals surface area contributed by atoms with Gasteiger partial charge in [0, 0.05) is 6.04 Å². The van der Waals surface area contributed by atoms with Crippen molar-refractivity contribution in [1.82, 2.24) is 14.9 Å². The Labute approximate surface area is 117 Å². The van der Waals surface area contributed by atoms with E-state index < -0.39 is 0 Å². The quantitative estimate of drug-likeness (QED) is 0.913. The number of aryl methyl sites for hydroxylation is 2. The Hall–Kier alpha value is -1.33. The molecule has 0 spiro atoms. The summed E-state index contributed by atoms with van der Waals surface area (Å²) in [5.41, 5.74) is 3.11. The van der Waals surface area contributed by atoms with Gasteiger partial charge in [-0.1, -0.05) is 17.5 Å². The molecular weight excluding hydrogens is 261 g/mol. The molecule has 0 radical (unpaired) electrons. The number of aromatic nitrogens is 2. The van der Waals surface area contributed by atoms with Crippen molar-refractivity contribution in [1.29, 1.82) is 0 Å². The Kier molecular flexibility index (Phi) is 4.61. The summed E-state index contributed by atoms with van der Waals surface area (Å²) in [5, 5.41) is 7.52. The average Bonchev–Trinajstić information content (AvgIpc) is 2.78. The first-order valence-corrected chi connectivity index (χ1v) is 7.16. The predicted molar refractivity (Wildman–Crippen MR) is 75.9 cm³/mol. The summed E-state index contributed by atoms with van der Waals surface area (Å²) in [6.45, 7) is 6.87. The van der Waals surface area contributed by atoms with Gasteiger partial charge in [-0.05, 0) is 61.6 Å². The predicted octanol–water partition coefficient (Wildman–Crippen LogP) is 3.19. The molecule has 3 nitrogen and oxygen atoms in total. The van der Waals surface area contributed by atoms with Crippen LogP contribution in [0.4, 0.5) is 4.39 Å². The fourth-order valence-electron chi connectivity index (χ4n) is 2.17. The molecule has 0 fully saturated rings. The molecule has 102 valence electrons. The smallest absolute Gasteiger partial charge is 0.123 e. The first-order valence-electron chi connectivity index (χ1n) is 6.39. The second kappa shape index (κ2) is 6.21. The van der Waals surface area contributed by atoms with E-state index in [0.717, 1.165) is 34.7 Å². The number of rotatable bonds is 5. The highest BCUT2D eigenvalue weighted by Crippen LogP contribution is 2.25. The molecule has 2 aromatic rings. The Morgan fingerprint density at radius 2 is 2.16 bits per heavy atom. The number of benzene rings is 1. The summed E-state index contributed by atoms with van der Waals surface area (Å²) >= 11 is 1.43. The van der Waals surface area contributed by atoms with Crippen molar-refractivity contribution in [2.24, 2.45) is 0 Å². The van der Waals surface area contributed by atoms with Crippen LogP contribution in [0.3, 0.4) is 0 Å². The third-order valence-electron chi connectivity index (χ3n) is 3.18. The third-order valence-corrected chi connectivity index (χ3v) is 4.12. The Morgan fingerprint density at radius 1 is 1.37 bits per heavy atom. The zero-order valence-corrected chi connectivity index (χ0v) is 12.2. The summed E-state index contributed by atoms with van der Waals surface area (Å²) in [6.07, 6.45) is 0.824. The topological polar surface area (TPSA) is 37.8 Å². The molecule has 0 bridgehead atoms. The van der Waals surface area contributed by atoms with Crippen LogP contribution in [-0.2, 0) is 6.42 Å². The van der Waals surface area contributed by atoms with Gasteiger partial charge in [-0.2, -0.15) is 0 Å². The highest BCUT2D eigenvalue weighted by molar-refractivity contribution is 7.05. The van der Waals surface area contributed by atoms with Crippen LogP contribution >= 0.6 is 11.5 Å². The molecule has 1 atom stereocenters. The van der Waals surface area contributed by atoms with Crippen LogP contribution in [0.2, 0.25) is 0 Å². The second-order valence-corrected chi connectivity index (χ2v) is 5.39. The summed E-state index contributed by atoms with van der Waals surface area (Å²) in [6, 6.07) is 5.15. The van der Waals surface area contributed by atoms with Crippen molar-refractivity contribution in [2.75, 3.05) is 6.54 Å². The van der Waals surface area contributed by atoms with E-state index >= 15 is 0 Å². The van der Waals surface area contributed by atoms with Gasteiger partial charge in [0.25, 0.3) is 0 Å². The van der Waals surface area contributed by atoms with Gasteiger partial charge in [0.2, 0.25) is 0 Å². The lowest BCUT2D eigenvalue weighted by molar-refractivity contribution is 0.552. The van der Waals surface area contributed by atoms with E-state index in [4.69, 9.17) is 0 Å². The van der Waals surface area contributed by atoms with Gasteiger partial charge < -0.3 is 5.32 Å². The fraction of sp³-hybridized carbons (Fsp3) is 0.429. The van der Waals surface area contributed by atoms with E-state index in [-0.39, 0.29) is 11.9 Å². The highest BCUT2D eigenvalue weighted by Gasteiger charge is 2.17. The molecular formula is C14H18FN3S. The summed E-state index contributed by atoms with van der Waals surface area (Å²) < 4.78 is 17.1. The summed E-state index contributed by atoms with van der Waals surface area (Å²) in [4.78, 5) is 1.16. The van der Waals surface area contributed by atoms with Crippen molar-refractivity contribution in [3.8, 4) is 0 Å². The zero-order valence-electron chi connectivity index (χ0n) is 11.4. The minimum Gasteiger partial charge on any atom is -0.309 e. The van der Waals surface area contributed by atoms with Crippen LogP contribution in [-0.4, -0.2) is 16.1 Å². The fourth-order valence-corrected chi connectivity index (χ4v) is 2.89. The summed E-state index contributed by atoms with van der Waals surface area (Å²) in [7, 11) is 0. The van der Waals surface area contributed by atoms with E-state index in [1.165, 1.54) is 17.6 Å². The first kappa shape index (κ1) is 14.1. The molecule has 1 N–H and O–H groups in total. The van der Waals surface area contributed by atoms with Crippen LogP contribution in [0.25, 0.3) is 0 Å². The van der Waals surface area contributed by atoms with E-state index in [9.17, 15) is 4.39 Å². The van der Waals surface area contributed by atoms with Gasteiger partial charge in [0.1, 0.15) is 5.82 Å². The number of hydrogen-bond acceptors (Lipinski definition) is 4. The third kappa shape index (κ3) is 3.36. The maximum atomic E-state index is 13.1. The normalized spacial score (nSPS) is 12.6. The second-order valence-electron chi connectivity index (χ2n) is 4.61. The number of nitrogens with zero attached hydrogens (tertiary/aromatic N) is 2. The number of likely N-dealkylation sites (N-methyl/N-ethyl adjacent to an activating group) is 1. The molecule has 2 rings (SSSR count). The maximum absolute atomic E-state index is 13.1. The molecule has 1 heterocycles. The van der Waals surface area contributed by atoms with Crippen molar-refractivity contribution in [3.05, 3.63) is 45.7 Å². The maximum Gasteiger partial charge on any atom is 0.123 e. The van der Waals surface area contributed by atoms with E-state index in [1.54, 1.807) is 6.07 Å². The van der Waals surface area contributed by atoms with Gasteiger partial charge >= 0.3 is 0 Å². The lowest BCUT2D eigenvalue weighted by atomic mass is 9.99. The molecule has 1 aromatic carbocycles. The minimum absolute atomic E-state index is 0.183. The lowest BCUT2D eigenvalue weighted by Crippen LogP contribution is -2.23. The molecule has 1 aromatic heterocycles. The molecule has 0 aliphatic carbocycles. The molecule has 0 aliphatic rings. The molecule has 1 unspecified atom stereocenters. The van der Waals surface area contributed by atoms with Gasteiger partial charge in [-0.3, -0.25) is 0 Å². The Morgan fingerprint density at radius 3 is 2.74 bits per heavy atom. The number of hydrogen-bond donors (Lipinski definition) is 1. The summed E-state index contributed by atoms with van der Waals surface area (Å²) in [5.74, 6) is -0.183. The molecule has 0 amide bonds. The van der Waals surface area contributed by atoms with Gasteiger partial charge in [0.15, 0.2) is 0 Å². The van der Waals surface area contributed by atoms with E-state index in [0.29, 0.717) is 0 Å². The van der Waals surface area contributed by atoms with Crippen LogP contribution in [0.5, 0.6) is 0 Å².